The summed E-state index contributed by atoms with van der Waals surface area (Å²) in [7, 11) is 1.60. The van der Waals surface area contributed by atoms with Gasteiger partial charge in [-0.05, 0) is 12.1 Å². The van der Waals surface area contributed by atoms with Gasteiger partial charge in [0, 0.05) is 18.8 Å². The highest BCUT2D eigenvalue weighted by molar-refractivity contribution is 5.48. The van der Waals surface area contributed by atoms with E-state index in [1.807, 2.05) is 0 Å². The van der Waals surface area contributed by atoms with Gasteiger partial charge in [0.05, 0.1) is 0 Å². The van der Waals surface area contributed by atoms with Gasteiger partial charge in [0.1, 0.15) is 0 Å². The molecule has 2 nitrogen and oxygen atoms in total. The van der Waals surface area contributed by atoms with Crippen LogP contribution in [0, 0.1) is 5.82 Å². The average Bonchev–Trinajstić information content (AvgIpc) is 2.08. The van der Waals surface area contributed by atoms with Crippen molar-refractivity contribution in [1.82, 2.24) is 0 Å². The number of rotatable bonds is 3. The van der Waals surface area contributed by atoms with Crippen molar-refractivity contribution in [2.24, 2.45) is 0 Å². The van der Waals surface area contributed by atoms with Crippen molar-refractivity contribution in [3.05, 3.63) is 24.0 Å². The zero-order valence-corrected chi connectivity index (χ0v) is 6.85. The van der Waals surface area contributed by atoms with Crippen molar-refractivity contribution >= 4 is 5.69 Å². The molecule has 0 heterocycles. The number of nitrogens with one attached hydrogen (secondary N) is 1. The van der Waals surface area contributed by atoms with Crippen molar-refractivity contribution in [2.45, 2.75) is 6.61 Å². The van der Waals surface area contributed by atoms with Crippen LogP contribution in [0.4, 0.5) is 18.9 Å². The Labute approximate surface area is 73.3 Å². The molecule has 0 amide bonds. The summed E-state index contributed by atoms with van der Waals surface area (Å²) in [5, 5.41) is 2.68. The van der Waals surface area contributed by atoms with E-state index in [0.717, 1.165) is 6.07 Å². The van der Waals surface area contributed by atoms with Crippen LogP contribution in [0.3, 0.4) is 0 Å². The topological polar surface area (TPSA) is 21.3 Å². The quantitative estimate of drug-likeness (QED) is 0.792. The molecule has 0 saturated heterocycles. The Morgan fingerprint density at radius 2 is 2.08 bits per heavy atom. The van der Waals surface area contributed by atoms with Gasteiger partial charge >= 0.3 is 6.61 Å². The van der Waals surface area contributed by atoms with Gasteiger partial charge in [-0.25, -0.2) is 4.39 Å². The second-order valence-corrected chi connectivity index (χ2v) is 2.27. The molecule has 1 aromatic carbocycles. The van der Waals surface area contributed by atoms with Gasteiger partial charge in [0.2, 0.25) is 0 Å². The highest BCUT2D eigenvalue weighted by atomic mass is 19.3. The third kappa shape index (κ3) is 2.54. The summed E-state index contributed by atoms with van der Waals surface area (Å²) in [5.74, 6) is -1.26. The predicted octanol–water partition coefficient (Wildman–Crippen LogP) is 2.47. The second kappa shape index (κ2) is 4.02. The van der Waals surface area contributed by atoms with Crippen molar-refractivity contribution in [2.75, 3.05) is 12.4 Å². The summed E-state index contributed by atoms with van der Waals surface area (Å²) in [6, 6.07) is 3.65. The fourth-order valence-corrected chi connectivity index (χ4v) is 0.845. The van der Waals surface area contributed by atoms with E-state index in [1.165, 1.54) is 12.1 Å². The summed E-state index contributed by atoms with van der Waals surface area (Å²) in [4.78, 5) is 0. The molecule has 0 aromatic heterocycles. The molecule has 0 fully saturated rings. The summed E-state index contributed by atoms with van der Waals surface area (Å²) < 4.78 is 40.2. The van der Waals surface area contributed by atoms with Crippen LogP contribution in [0.25, 0.3) is 0 Å². The number of anilines is 1. The van der Waals surface area contributed by atoms with E-state index in [9.17, 15) is 13.2 Å². The van der Waals surface area contributed by atoms with Crippen molar-refractivity contribution in [1.29, 1.82) is 0 Å². The van der Waals surface area contributed by atoms with Gasteiger partial charge in [-0.15, -0.1) is 0 Å². The van der Waals surface area contributed by atoms with Gasteiger partial charge in [-0.1, -0.05) is 0 Å². The lowest BCUT2D eigenvalue weighted by molar-refractivity contribution is -0.0521. The summed E-state index contributed by atoms with van der Waals surface area (Å²) in [5.41, 5.74) is 0.511. The Hall–Kier alpha value is -1.39. The molecule has 0 radical (unpaired) electrons. The fourth-order valence-electron chi connectivity index (χ4n) is 0.845. The van der Waals surface area contributed by atoms with E-state index in [0.29, 0.717) is 5.69 Å². The smallest absolute Gasteiger partial charge is 0.387 e. The van der Waals surface area contributed by atoms with E-state index < -0.39 is 18.2 Å². The molecule has 0 atom stereocenters. The first-order valence-electron chi connectivity index (χ1n) is 3.55. The van der Waals surface area contributed by atoms with Gasteiger partial charge in [0.25, 0.3) is 0 Å². The first kappa shape index (κ1) is 9.70. The normalized spacial score (nSPS) is 10.2. The lowest BCUT2D eigenvalue weighted by Gasteiger charge is -2.07. The lowest BCUT2D eigenvalue weighted by atomic mass is 10.3. The average molecular weight is 191 g/mol. The highest BCUT2D eigenvalue weighted by Crippen LogP contribution is 2.23. The van der Waals surface area contributed by atoms with Gasteiger partial charge in [-0.3, -0.25) is 0 Å². The SMILES string of the molecule is CNc1ccc(F)c(OC(F)F)c1. The van der Waals surface area contributed by atoms with E-state index in [2.05, 4.69) is 10.1 Å². The van der Waals surface area contributed by atoms with E-state index in [-0.39, 0.29) is 0 Å². The minimum atomic E-state index is -3.01. The van der Waals surface area contributed by atoms with Gasteiger partial charge in [0.15, 0.2) is 11.6 Å². The molecule has 1 rings (SSSR count). The molecule has 0 aliphatic carbocycles. The molecule has 0 aliphatic rings. The number of halogens is 3. The summed E-state index contributed by atoms with van der Waals surface area (Å²) >= 11 is 0. The van der Waals surface area contributed by atoms with Crippen molar-refractivity contribution in [3.63, 3.8) is 0 Å². The maximum atomic E-state index is 12.8. The Kier molecular flexibility index (Phi) is 3.00. The molecule has 1 N–H and O–H groups in total. The van der Waals surface area contributed by atoms with Crippen molar-refractivity contribution in [3.8, 4) is 5.75 Å². The third-order valence-corrected chi connectivity index (χ3v) is 1.44. The van der Waals surface area contributed by atoms with E-state index >= 15 is 0 Å². The molecule has 0 bridgehead atoms. The second-order valence-electron chi connectivity index (χ2n) is 2.27. The molecule has 0 aliphatic heterocycles. The molecule has 0 spiro atoms. The van der Waals surface area contributed by atoms with E-state index in [4.69, 9.17) is 0 Å². The maximum absolute atomic E-state index is 12.8. The number of ether oxygens (including phenoxy) is 1. The lowest BCUT2D eigenvalue weighted by Crippen LogP contribution is -2.04. The first-order valence-corrected chi connectivity index (χ1v) is 3.55. The van der Waals surface area contributed by atoms with Crippen molar-refractivity contribution < 1.29 is 17.9 Å². The number of alkyl halides is 2. The molecule has 5 heteroatoms. The van der Waals surface area contributed by atoms with E-state index in [1.54, 1.807) is 7.05 Å². The number of hydrogen-bond donors (Lipinski definition) is 1. The Morgan fingerprint density at radius 3 is 2.62 bits per heavy atom. The standard InChI is InChI=1S/C8H8F3NO/c1-12-5-2-3-6(9)7(4-5)13-8(10)11/h2-4,8,12H,1H3. The molecule has 0 unspecified atom stereocenters. The molecular weight excluding hydrogens is 183 g/mol. The minimum Gasteiger partial charge on any atom is -0.432 e. The molecular formula is C8H8F3NO. The van der Waals surface area contributed by atoms with Crippen LogP contribution >= 0.6 is 0 Å². The van der Waals surface area contributed by atoms with Crippen LogP contribution in [-0.2, 0) is 0 Å². The number of benzene rings is 1. The monoisotopic (exact) mass is 191 g/mol. The molecule has 0 saturated carbocycles. The van der Waals surface area contributed by atoms with Crippen LogP contribution in [0.5, 0.6) is 5.75 Å². The van der Waals surface area contributed by atoms with Crippen LogP contribution in [0.1, 0.15) is 0 Å². The Balaban J connectivity index is 2.90. The Morgan fingerprint density at radius 1 is 1.38 bits per heavy atom. The highest BCUT2D eigenvalue weighted by Gasteiger charge is 2.09. The van der Waals surface area contributed by atoms with Gasteiger partial charge in [-0.2, -0.15) is 8.78 Å². The minimum absolute atomic E-state index is 0.457. The third-order valence-electron chi connectivity index (χ3n) is 1.44. The first-order chi connectivity index (χ1) is 6.13. The molecule has 72 valence electrons. The maximum Gasteiger partial charge on any atom is 0.387 e. The predicted molar refractivity (Wildman–Crippen MR) is 42.6 cm³/mol. The Bertz CT molecular complexity index is 291. The zero-order valence-electron chi connectivity index (χ0n) is 6.85. The summed E-state index contributed by atoms with van der Waals surface area (Å²) in [6.07, 6.45) is 0. The largest absolute Gasteiger partial charge is 0.432 e. The summed E-state index contributed by atoms with van der Waals surface area (Å²) in [6.45, 7) is -3.01. The van der Waals surface area contributed by atoms with Crippen LogP contribution < -0.4 is 10.1 Å². The van der Waals surface area contributed by atoms with Crippen LogP contribution in [-0.4, -0.2) is 13.7 Å². The van der Waals surface area contributed by atoms with Crippen LogP contribution in [0.15, 0.2) is 18.2 Å². The van der Waals surface area contributed by atoms with Gasteiger partial charge < -0.3 is 10.1 Å². The molecule has 1 aromatic rings. The van der Waals surface area contributed by atoms with Crippen LogP contribution in [0.2, 0.25) is 0 Å². The molecule has 13 heavy (non-hydrogen) atoms. The number of hydrogen-bond acceptors (Lipinski definition) is 2. The zero-order chi connectivity index (χ0) is 9.84. The fraction of sp³-hybridized carbons (Fsp3) is 0.250.